The zero-order valence-corrected chi connectivity index (χ0v) is 53.1. The average molecular weight is 1260 g/mol. The maximum absolute atomic E-state index is 6.14. The number of hydrogen-bond donors (Lipinski definition) is 1. The van der Waals surface area contributed by atoms with Gasteiger partial charge in [0, 0.05) is 83.5 Å². The summed E-state index contributed by atoms with van der Waals surface area (Å²) in [5.41, 5.74) is 19.7. The Morgan fingerprint density at radius 1 is 0.278 bits per heavy atom. The summed E-state index contributed by atoms with van der Waals surface area (Å²) in [6, 6.07) is 115. The van der Waals surface area contributed by atoms with E-state index in [1.54, 1.807) is 0 Å². The molecule has 20 aromatic rings. The topological polar surface area (TPSA) is 82.1 Å². The molecule has 456 valence electrons. The highest BCUT2D eigenvalue weighted by Crippen LogP contribution is 2.40. The van der Waals surface area contributed by atoms with Gasteiger partial charge in [0.1, 0.15) is 0 Å². The molecule has 6 aromatic heterocycles. The van der Waals surface area contributed by atoms with E-state index < -0.39 is 0 Å². The fraction of sp³-hybridized carbons (Fsp3) is 0. The Hall–Kier alpha value is -12.8. The molecule has 14 aromatic carbocycles. The number of nitrogens with one attached hydrogen (secondary N) is 1. The van der Waals surface area contributed by atoms with E-state index in [4.69, 9.17) is 21.6 Å². The van der Waals surface area contributed by atoms with Gasteiger partial charge in [-0.3, -0.25) is 4.57 Å². The molecule has 20 rings (SSSR count). The van der Waals surface area contributed by atoms with Crippen LogP contribution in [0.25, 0.3) is 171 Å². The van der Waals surface area contributed by atoms with E-state index in [9.17, 15) is 0 Å². The number of H-pyrrole nitrogens is 1. The van der Waals surface area contributed by atoms with Crippen LogP contribution in [0.3, 0.4) is 0 Å². The van der Waals surface area contributed by atoms with Crippen molar-refractivity contribution in [1.82, 2.24) is 38.6 Å². The molecule has 0 amide bonds. The monoisotopic (exact) mass is 1260 g/mol. The first-order valence-electron chi connectivity index (χ1n) is 32.5. The number of hydrogen-bond acceptors (Lipinski definition) is 4. The van der Waals surface area contributed by atoms with Crippen LogP contribution < -0.4 is 0 Å². The summed E-state index contributed by atoms with van der Waals surface area (Å²) < 4.78 is 6.74. The summed E-state index contributed by atoms with van der Waals surface area (Å²) >= 11 is 6.14. The molecule has 97 heavy (non-hydrogen) atoms. The lowest BCUT2D eigenvalue weighted by molar-refractivity contribution is 1.02. The fourth-order valence-electron chi connectivity index (χ4n) is 14.3. The van der Waals surface area contributed by atoms with Gasteiger partial charge in [-0.15, -0.1) is 0 Å². The van der Waals surface area contributed by atoms with Crippen molar-refractivity contribution in [3.8, 4) is 62.1 Å². The van der Waals surface area contributed by atoms with E-state index in [-0.39, 0.29) is 5.28 Å². The van der Waals surface area contributed by atoms with Gasteiger partial charge in [0.05, 0.1) is 50.0 Å². The minimum atomic E-state index is 0.266. The van der Waals surface area contributed by atoms with E-state index in [1.807, 2.05) is 30.3 Å². The smallest absolute Gasteiger partial charge is 0.235 e. The maximum Gasteiger partial charge on any atom is 0.235 e. The molecule has 0 fully saturated rings. The number of fused-ring (bicyclic) bond motifs is 14. The highest BCUT2D eigenvalue weighted by Gasteiger charge is 2.21. The van der Waals surface area contributed by atoms with Crippen LogP contribution in [0, 0.1) is 0 Å². The first-order chi connectivity index (χ1) is 48.0. The minimum Gasteiger partial charge on any atom is -0.354 e. The van der Waals surface area contributed by atoms with Crippen LogP contribution in [0.1, 0.15) is 0 Å². The first-order valence-corrected chi connectivity index (χ1v) is 32.9. The van der Waals surface area contributed by atoms with Crippen molar-refractivity contribution < 1.29 is 0 Å². The van der Waals surface area contributed by atoms with Gasteiger partial charge in [0.2, 0.25) is 11.2 Å². The SMILES string of the molecule is Clc1nc(-c2ccc(-c3cccc4ccccc34)cc2)c2ccccc2n1.c1ccc(-n2ccc3c2ccc2c4ccccc4n(-c4nc(-c5ccc(-c6cccc7ccccc67)cc5)c5ccccc5n4)c23)cc1.c1ccc(-n2ccc3c4[nH]c5ccccc5c4ccc32)cc1. The first kappa shape index (κ1) is 57.0. The molecule has 0 atom stereocenters. The number of benzene rings is 14. The zero-order valence-electron chi connectivity index (χ0n) is 52.3. The van der Waals surface area contributed by atoms with E-state index >= 15 is 0 Å². The van der Waals surface area contributed by atoms with Gasteiger partial charge in [0.15, 0.2) is 0 Å². The Kier molecular flexibility index (Phi) is 14.1. The van der Waals surface area contributed by atoms with Crippen molar-refractivity contribution in [2.45, 2.75) is 0 Å². The van der Waals surface area contributed by atoms with Crippen molar-refractivity contribution in [3.05, 3.63) is 345 Å². The molecule has 1 N–H and O–H groups in total. The van der Waals surface area contributed by atoms with Crippen LogP contribution >= 0.6 is 11.6 Å². The Balaban J connectivity index is 0.000000117. The van der Waals surface area contributed by atoms with Crippen LogP contribution in [0.4, 0.5) is 0 Å². The van der Waals surface area contributed by atoms with Gasteiger partial charge >= 0.3 is 0 Å². The zero-order chi connectivity index (χ0) is 64.3. The lowest BCUT2D eigenvalue weighted by atomic mass is 9.96. The van der Waals surface area contributed by atoms with Gasteiger partial charge in [-0.2, -0.15) is 0 Å². The number of rotatable bonds is 7. The Morgan fingerprint density at radius 2 is 0.732 bits per heavy atom. The van der Waals surface area contributed by atoms with Gasteiger partial charge in [-0.25, -0.2) is 19.9 Å². The number of aromatic amines is 1. The molecule has 0 unspecified atom stereocenters. The summed E-state index contributed by atoms with van der Waals surface area (Å²) in [7, 11) is 0. The number of halogens is 1. The third-order valence-corrected chi connectivity index (χ3v) is 19.0. The Morgan fingerprint density at radius 3 is 1.34 bits per heavy atom. The highest BCUT2D eigenvalue weighted by molar-refractivity contribution is 6.29. The minimum absolute atomic E-state index is 0.266. The number of aromatic nitrogens is 8. The van der Waals surface area contributed by atoms with E-state index in [0.29, 0.717) is 5.95 Å². The summed E-state index contributed by atoms with van der Waals surface area (Å²) in [5, 5.41) is 14.6. The van der Waals surface area contributed by atoms with Crippen molar-refractivity contribution >= 4 is 120 Å². The predicted molar refractivity (Wildman–Crippen MR) is 405 cm³/mol. The van der Waals surface area contributed by atoms with Gasteiger partial charge < -0.3 is 14.1 Å². The summed E-state index contributed by atoms with van der Waals surface area (Å²) in [5.74, 6) is 0.660. The van der Waals surface area contributed by atoms with Crippen LogP contribution in [0.5, 0.6) is 0 Å². The van der Waals surface area contributed by atoms with Crippen LogP contribution in [-0.4, -0.2) is 38.6 Å². The molecule has 0 saturated heterocycles. The van der Waals surface area contributed by atoms with Crippen LogP contribution in [0.15, 0.2) is 340 Å². The second-order valence-electron chi connectivity index (χ2n) is 24.3. The quantitative estimate of drug-likeness (QED) is 0.161. The van der Waals surface area contributed by atoms with Crippen LogP contribution in [0.2, 0.25) is 5.28 Å². The number of nitrogens with zero attached hydrogens (tertiary/aromatic N) is 7. The Labute approximate surface area is 562 Å². The van der Waals surface area contributed by atoms with Crippen molar-refractivity contribution in [1.29, 1.82) is 0 Å². The average Bonchev–Trinajstić information content (AvgIpc) is 1.58. The molecule has 0 aliphatic rings. The van der Waals surface area contributed by atoms with E-state index in [2.05, 4.69) is 338 Å². The third kappa shape index (κ3) is 10.1. The summed E-state index contributed by atoms with van der Waals surface area (Å²) in [4.78, 5) is 23.0. The molecular weight excluding hydrogens is 1200 g/mol. The van der Waals surface area contributed by atoms with Gasteiger partial charge in [0.25, 0.3) is 0 Å². The van der Waals surface area contributed by atoms with Gasteiger partial charge in [-0.1, -0.05) is 255 Å². The fourth-order valence-corrected chi connectivity index (χ4v) is 14.4. The molecular formula is C88H57ClN8. The van der Waals surface area contributed by atoms with Crippen LogP contribution in [-0.2, 0) is 0 Å². The molecule has 8 nitrogen and oxygen atoms in total. The molecule has 0 bridgehead atoms. The number of para-hydroxylation sites is 6. The molecule has 0 aliphatic carbocycles. The maximum atomic E-state index is 6.14. The van der Waals surface area contributed by atoms with Crippen molar-refractivity contribution in [2.75, 3.05) is 0 Å². The lowest BCUT2D eigenvalue weighted by Gasteiger charge is -2.13. The normalized spacial score (nSPS) is 11.6. The van der Waals surface area contributed by atoms with Crippen molar-refractivity contribution in [2.24, 2.45) is 0 Å². The van der Waals surface area contributed by atoms with Gasteiger partial charge in [-0.05, 0) is 128 Å². The van der Waals surface area contributed by atoms with E-state index in [1.165, 1.54) is 93.0 Å². The highest BCUT2D eigenvalue weighted by atomic mass is 35.5. The molecule has 9 heteroatoms. The molecule has 0 aliphatic heterocycles. The molecule has 6 heterocycles. The second kappa shape index (κ2) is 24.0. The molecule has 0 radical (unpaired) electrons. The van der Waals surface area contributed by atoms with E-state index in [0.717, 1.165) is 71.9 Å². The largest absolute Gasteiger partial charge is 0.354 e. The predicted octanol–water partition coefficient (Wildman–Crippen LogP) is 23.2. The Bertz CT molecular complexity index is 6370. The third-order valence-electron chi connectivity index (χ3n) is 18.8. The lowest BCUT2D eigenvalue weighted by Crippen LogP contribution is -2.03. The second-order valence-corrected chi connectivity index (χ2v) is 24.7. The summed E-state index contributed by atoms with van der Waals surface area (Å²) in [6.07, 6.45) is 4.30. The molecule has 0 spiro atoms. The van der Waals surface area contributed by atoms with Crippen molar-refractivity contribution in [3.63, 3.8) is 0 Å². The standard InChI is InChI=1S/C44H28N4.C24H15ClN2.C20H14N2/c1-2-13-32(14-3-1)47-28-27-38-40(47)26-25-36-35-16-7-9-20-41(35)48(43(36)38)44-45-39-19-8-6-17-37(39)42(46-44)31-23-21-30(22-24-31)34-18-10-12-29-11-4-5-15-33(29)34;25-24-26-22-11-4-3-9-21(22)23(27-24)18-14-12-17(13-15-18)20-10-5-7-16-6-1-2-8-19(16)20;1-2-6-14(7-3-1)22-13-12-17-19(22)11-10-16-15-8-4-5-9-18(15)21-20(16)17/h1-28H;1-15H;1-13,21H. The molecule has 0 saturated carbocycles. The summed E-state index contributed by atoms with van der Waals surface area (Å²) in [6.45, 7) is 0.